The lowest BCUT2D eigenvalue weighted by molar-refractivity contribution is -0.126. The number of nitrogen functional groups attached to an aromatic ring is 1. The van der Waals surface area contributed by atoms with E-state index >= 15 is 4.39 Å². The topological polar surface area (TPSA) is 111 Å². The third kappa shape index (κ3) is 5.39. The summed E-state index contributed by atoms with van der Waals surface area (Å²) in [5.41, 5.74) is 6.80. The highest BCUT2D eigenvalue weighted by Crippen LogP contribution is 2.47. The minimum absolute atomic E-state index is 0.0139. The van der Waals surface area contributed by atoms with Crippen LogP contribution in [-0.2, 0) is 4.79 Å². The number of aromatic nitrogens is 2. The number of fused-ring (bicyclic) bond motifs is 1. The monoisotopic (exact) mass is 703 g/mol. The predicted octanol–water partition coefficient (Wildman–Crippen LogP) is 6.82. The minimum Gasteiger partial charge on any atom is -0.396 e. The van der Waals surface area contributed by atoms with Crippen molar-refractivity contribution in [1.29, 1.82) is 5.26 Å². The highest BCUT2D eigenvalue weighted by atomic mass is 35.5. The van der Waals surface area contributed by atoms with Gasteiger partial charge in [-0.3, -0.25) is 14.2 Å². The first-order chi connectivity index (χ1) is 21.7. The van der Waals surface area contributed by atoms with Crippen LogP contribution in [0.2, 0.25) is 20.1 Å². The molecule has 0 saturated carbocycles. The number of pyridine rings is 2. The average Bonchev–Trinajstić information content (AvgIpc) is 3.03. The summed E-state index contributed by atoms with van der Waals surface area (Å²) in [5.74, 6) is -1.18. The largest absolute Gasteiger partial charge is 0.396 e. The molecular formula is C32H30Cl4FN7O2. The molecule has 1 unspecified atom stereocenters. The first-order valence-electron chi connectivity index (χ1n) is 14.3. The van der Waals surface area contributed by atoms with Gasteiger partial charge in [-0.15, -0.1) is 0 Å². The second kappa shape index (κ2) is 12.8. The molecule has 1 atom stereocenters. The van der Waals surface area contributed by atoms with Gasteiger partial charge in [0.2, 0.25) is 5.91 Å². The van der Waals surface area contributed by atoms with E-state index in [9.17, 15) is 14.9 Å². The molecule has 2 N–H and O–H groups in total. The zero-order valence-corrected chi connectivity index (χ0v) is 28.5. The molecule has 1 amide bonds. The van der Waals surface area contributed by atoms with Crippen LogP contribution in [0.1, 0.15) is 26.3 Å². The van der Waals surface area contributed by atoms with Gasteiger partial charge in [-0.1, -0.05) is 66.8 Å². The molecule has 9 nitrogen and oxygen atoms in total. The number of hydrogen-bond donors (Lipinski definition) is 1. The standard InChI is InChI=1S/C32H30Cl4FN7O2/c1-6-20(45)42-9-11-43(12-10-42)30-17-13-19(33)27(21-22(34)25(37)24(36)26(39)23(21)35)40-31(17)44(32(46)18(30)14-38)29-16(4)7-8-41(5)28(29)15(2)3/h6-8,13,15,28H,1,9-12,39H2,2-5H3. The summed E-state index contributed by atoms with van der Waals surface area (Å²) in [4.78, 5) is 37.2. The van der Waals surface area contributed by atoms with E-state index in [0.29, 0.717) is 42.9 Å². The van der Waals surface area contributed by atoms with Gasteiger partial charge < -0.3 is 20.4 Å². The molecule has 2 aliphatic rings. The number of benzene rings is 1. The lowest BCUT2D eigenvalue weighted by Crippen LogP contribution is -2.49. The predicted molar refractivity (Wildman–Crippen MR) is 184 cm³/mol. The second-order valence-corrected chi connectivity index (χ2v) is 13.0. The molecule has 2 aliphatic heterocycles. The number of rotatable bonds is 5. The van der Waals surface area contributed by atoms with Crippen LogP contribution in [0.25, 0.3) is 28.0 Å². The molecule has 0 radical (unpaired) electrons. The number of amides is 1. The smallest absolute Gasteiger partial charge is 0.276 e. The number of carbonyl (C=O) groups is 1. The fourth-order valence-corrected chi connectivity index (χ4v) is 7.30. The molecule has 0 spiro atoms. The van der Waals surface area contributed by atoms with E-state index in [4.69, 9.17) is 57.1 Å². The molecule has 5 rings (SSSR count). The molecule has 4 heterocycles. The second-order valence-electron chi connectivity index (χ2n) is 11.5. The van der Waals surface area contributed by atoms with Gasteiger partial charge in [-0.2, -0.15) is 5.26 Å². The summed E-state index contributed by atoms with van der Waals surface area (Å²) in [7, 11) is 1.90. The van der Waals surface area contributed by atoms with Crippen LogP contribution < -0.4 is 16.2 Å². The van der Waals surface area contributed by atoms with Gasteiger partial charge in [0.1, 0.15) is 22.3 Å². The van der Waals surface area contributed by atoms with Crippen LogP contribution in [0, 0.1) is 23.1 Å². The maximum Gasteiger partial charge on any atom is 0.276 e. The third-order valence-electron chi connectivity index (χ3n) is 8.36. The van der Waals surface area contributed by atoms with Crippen molar-refractivity contribution < 1.29 is 9.18 Å². The van der Waals surface area contributed by atoms with Gasteiger partial charge in [0, 0.05) is 44.2 Å². The Balaban J connectivity index is 1.91. The van der Waals surface area contributed by atoms with Crippen molar-refractivity contribution in [3.05, 3.63) is 78.4 Å². The molecule has 0 bridgehead atoms. The fraction of sp³-hybridized carbons (Fsp3) is 0.312. The summed E-state index contributed by atoms with van der Waals surface area (Å²) < 4.78 is 16.5. The van der Waals surface area contributed by atoms with Gasteiger partial charge in [-0.25, -0.2) is 9.37 Å². The van der Waals surface area contributed by atoms with E-state index < -0.39 is 21.4 Å². The Morgan fingerprint density at radius 2 is 1.83 bits per heavy atom. The number of piperazine rings is 1. The Morgan fingerprint density at radius 1 is 1.17 bits per heavy atom. The number of nitriles is 1. The molecule has 0 aliphatic carbocycles. The Kier molecular flexibility index (Phi) is 9.35. The zero-order chi connectivity index (χ0) is 33.8. The van der Waals surface area contributed by atoms with Crippen LogP contribution >= 0.6 is 46.4 Å². The molecule has 240 valence electrons. The summed E-state index contributed by atoms with van der Waals surface area (Å²) >= 11 is 25.9. The average molecular weight is 705 g/mol. The zero-order valence-electron chi connectivity index (χ0n) is 25.5. The lowest BCUT2D eigenvalue weighted by atomic mass is 9.93. The van der Waals surface area contributed by atoms with E-state index in [2.05, 4.69) is 12.6 Å². The number of hydrogen-bond acceptors (Lipinski definition) is 7. The first kappa shape index (κ1) is 33.6. The van der Waals surface area contributed by atoms with Crippen molar-refractivity contribution in [2.24, 2.45) is 5.92 Å². The van der Waals surface area contributed by atoms with Crippen molar-refractivity contribution >= 4 is 80.4 Å². The SMILES string of the molecule is C=CC(=O)N1CCN(c2c(C#N)c(=O)n(C3=C(C)C=CN(C)C3C(C)C)c3nc(-c4c(Cl)c(N)c(Cl)c(F)c4Cl)c(Cl)cc23)CC1. The summed E-state index contributed by atoms with van der Waals surface area (Å²) in [5, 5.41) is 9.84. The number of likely N-dealkylation sites (N-methyl/N-ethyl adjacent to an activating group) is 1. The van der Waals surface area contributed by atoms with Gasteiger partial charge in [0.25, 0.3) is 5.56 Å². The molecule has 1 fully saturated rings. The van der Waals surface area contributed by atoms with E-state index in [1.807, 2.05) is 49.9 Å². The number of nitrogens with zero attached hydrogens (tertiary/aromatic N) is 6. The van der Waals surface area contributed by atoms with E-state index in [-0.39, 0.29) is 56.1 Å². The van der Waals surface area contributed by atoms with Crippen LogP contribution in [0.4, 0.5) is 15.8 Å². The summed E-state index contributed by atoms with van der Waals surface area (Å²) in [6.45, 7) is 10.8. The normalized spacial score (nSPS) is 16.9. The highest BCUT2D eigenvalue weighted by Gasteiger charge is 2.34. The molecule has 14 heteroatoms. The van der Waals surface area contributed by atoms with Gasteiger partial charge in [0.15, 0.2) is 5.82 Å². The van der Waals surface area contributed by atoms with Crippen LogP contribution in [0.15, 0.2) is 41.4 Å². The highest BCUT2D eigenvalue weighted by molar-refractivity contribution is 6.46. The Labute approximate surface area is 285 Å². The number of allylic oxidation sites excluding steroid dienone is 2. The molecule has 46 heavy (non-hydrogen) atoms. The maximum atomic E-state index is 15.1. The van der Waals surface area contributed by atoms with Gasteiger partial charge >= 0.3 is 0 Å². The number of halogens is 5. The molecule has 3 aromatic rings. The van der Waals surface area contributed by atoms with Crippen LogP contribution in [-0.4, -0.2) is 64.5 Å². The molecule has 1 aromatic carbocycles. The van der Waals surface area contributed by atoms with E-state index in [0.717, 1.165) is 5.57 Å². The third-order valence-corrected chi connectivity index (χ3v) is 9.76. The first-order valence-corrected chi connectivity index (χ1v) is 15.8. The molecule has 2 aromatic heterocycles. The minimum atomic E-state index is -1.000. The number of nitrogens with two attached hydrogens (primary N) is 1. The Morgan fingerprint density at radius 3 is 2.41 bits per heavy atom. The van der Waals surface area contributed by atoms with Crippen molar-refractivity contribution in [1.82, 2.24) is 19.4 Å². The Bertz CT molecular complexity index is 1950. The van der Waals surface area contributed by atoms with E-state index in [1.54, 1.807) is 11.0 Å². The number of anilines is 2. The van der Waals surface area contributed by atoms with Crippen molar-refractivity contribution in [3.63, 3.8) is 0 Å². The van der Waals surface area contributed by atoms with Gasteiger partial charge in [-0.05, 0) is 42.8 Å². The quantitative estimate of drug-likeness (QED) is 0.134. The molecule has 1 saturated heterocycles. The molecular weight excluding hydrogens is 675 g/mol. The summed E-state index contributed by atoms with van der Waals surface area (Å²) in [6.07, 6.45) is 5.05. The maximum absolute atomic E-state index is 15.1. The van der Waals surface area contributed by atoms with E-state index in [1.165, 1.54) is 10.6 Å². The van der Waals surface area contributed by atoms with Crippen LogP contribution in [0.5, 0.6) is 0 Å². The summed E-state index contributed by atoms with van der Waals surface area (Å²) in [6, 6.07) is 3.41. The Hall–Kier alpha value is -3.75. The van der Waals surface area contributed by atoms with Crippen molar-refractivity contribution in [2.45, 2.75) is 26.8 Å². The number of carbonyl (C=O) groups excluding carboxylic acids is 1. The van der Waals surface area contributed by atoms with Crippen LogP contribution in [0.3, 0.4) is 0 Å². The fourth-order valence-electron chi connectivity index (χ4n) is 6.16. The van der Waals surface area contributed by atoms with Gasteiger partial charge in [0.05, 0.1) is 43.9 Å². The van der Waals surface area contributed by atoms with Crippen molar-refractivity contribution in [2.75, 3.05) is 43.9 Å². The van der Waals surface area contributed by atoms with Crippen molar-refractivity contribution in [3.8, 4) is 17.3 Å². The lowest BCUT2D eigenvalue weighted by Gasteiger charge is -2.38.